The number of nitrogens with zero attached hydrogens (tertiary/aromatic N) is 1. The van der Waals surface area contributed by atoms with Crippen molar-refractivity contribution in [2.75, 3.05) is 26.7 Å². The zero-order valence-electron chi connectivity index (χ0n) is 16.9. The van der Waals surface area contributed by atoms with E-state index in [1.165, 1.54) is 32.1 Å². The quantitative estimate of drug-likeness (QED) is 0.601. The second-order valence-corrected chi connectivity index (χ2v) is 8.22. The van der Waals surface area contributed by atoms with Gasteiger partial charge in [0.1, 0.15) is 5.54 Å². The lowest BCUT2D eigenvalue weighted by Crippen LogP contribution is -2.75. The van der Waals surface area contributed by atoms with E-state index < -0.39 is 5.54 Å². The SMILES string of the molecule is CCOC1CC(N)(C(=O)NCCCN(C)C2CCCCC2)C1(C)C.Cl.Cl. The molecule has 2 aliphatic carbocycles. The van der Waals surface area contributed by atoms with Crippen LogP contribution in [0.1, 0.15) is 65.7 Å². The van der Waals surface area contributed by atoms with Crippen molar-refractivity contribution >= 4 is 30.7 Å². The highest BCUT2D eigenvalue weighted by Crippen LogP contribution is 2.49. The first-order valence-corrected chi connectivity index (χ1v) is 9.72. The number of amides is 1. The normalized spacial score (nSPS) is 27.8. The van der Waals surface area contributed by atoms with Gasteiger partial charge in [0.25, 0.3) is 0 Å². The predicted molar refractivity (Wildman–Crippen MR) is 112 cm³/mol. The van der Waals surface area contributed by atoms with E-state index in [0.717, 1.165) is 19.0 Å². The Hall–Kier alpha value is -0.0700. The van der Waals surface area contributed by atoms with E-state index in [9.17, 15) is 4.79 Å². The molecule has 2 unspecified atom stereocenters. The predicted octanol–water partition coefficient (Wildman–Crippen LogP) is 3.13. The van der Waals surface area contributed by atoms with Crippen molar-refractivity contribution in [1.29, 1.82) is 0 Å². The Bertz CT molecular complexity index is 431. The number of rotatable bonds is 8. The molecule has 0 bridgehead atoms. The monoisotopic (exact) mass is 411 g/mol. The fraction of sp³-hybridized carbons (Fsp3) is 0.947. The molecule has 2 aliphatic rings. The molecule has 0 radical (unpaired) electrons. The largest absolute Gasteiger partial charge is 0.378 e. The van der Waals surface area contributed by atoms with Gasteiger partial charge in [-0.05, 0) is 39.8 Å². The highest BCUT2D eigenvalue weighted by molar-refractivity contribution is 5.88. The van der Waals surface area contributed by atoms with Crippen molar-refractivity contribution in [2.45, 2.75) is 83.4 Å². The Kier molecular flexibility index (Phi) is 11.0. The molecule has 0 aromatic rings. The van der Waals surface area contributed by atoms with Crippen LogP contribution < -0.4 is 11.1 Å². The third-order valence-corrected chi connectivity index (χ3v) is 6.41. The van der Waals surface area contributed by atoms with E-state index in [2.05, 4.69) is 17.3 Å². The molecule has 0 aliphatic heterocycles. The van der Waals surface area contributed by atoms with E-state index in [1.54, 1.807) is 0 Å². The maximum Gasteiger partial charge on any atom is 0.240 e. The smallest absolute Gasteiger partial charge is 0.240 e. The molecule has 2 rings (SSSR count). The van der Waals surface area contributed by atoms with Gasteiger partial charge in [0, 0.05) is 31.0 Å². The van der Waals surface area contributed by atoms with Gasteiger partial charge in [0.2, 0.25) is 5.91 Å². The van der Waals surface area contributed by atoms with Crippen molar-refractivity contribution in [3.8, 4) is 0 Å². The lowest BCUT2D eigenvalue weighted by Gasteiger charge is -2.57. The van der Waals surface area contributed by atoms with Crippen LogP contribution in [0.3, 0.4) is 0 Å². The summed E-state index contributed by atoms with van der Waals surface area (Å²) in [6, 6.07) is 0.729. The Balaban J connectivity index is 0.00000312. The first-order chi connectivity index (χ1) is 11.3. The van der Waals surface area contributed by atoms with Crippen molar-refractivity contribution in [1.82, 2.24) is 10.2 Å². The Morgan fingerprint density at radius 3 is 2.38 bits per heavy atom. The average molecular weight is 412 g/mol. The minimum atomic E-state index is -0.803. The second kappa shape index (κ2) is 11.1. The molecule has 156 valence electrons. The number of hydrogen-bond acceptors (Lipinski definition) is 4. The van der Waals surface area contributed by atoms with Gasteiger partial charge in [-0.1, -0.05) is 33.1 Å². The van der Waals surface area contributed by atoms with Gasteiger partial charge in [-0.3, -0.25) is 4.79 Å². The van der Waals surface area contributed by atoms with Crippen LogP contribution in [-0.4, -0.2) is 55.2 Å². The summed E-state index contributed by atoms with van der Waals surface area (Å²) in [5.74, 6) is -0.0243. The number of halogens is 2. The summed E-state index contributed by atoms with van der Waals surface area (Å²) in [5, 5.41) is 3.06. The zero-order valence-corrected chi connectivity index (χ0v) is 18.5. The summed E-state index contributed by atoms with van der Waals surface area (Å²) in [6.45, 7) is 8.45. The molecule has 0 aromatic carbocycles. The molecule has 2 saturated carbocycles. The van der Waals surface area contributed by atoms with Crippen LogP contribution in [-0.2, 0) is 9.53 Å². The molecule has 0 aromatic heterocycles. The summed E-state index contributed by atoms with van der Waals surface area (Å²) in [6.07, 6.45) is 8.41. The van der Waals surface area contributed by atoms with Gasteiger partial charge < -0.3 is 20.7 Å². The van der Waals surface area contributed by atoms with Crippen LogP contribution in [0.4, 0.5) is 0 Å². The Labute approximate surface area is 172 Å². The average Bonchev–Trinajstić information content (AvgIpc) is 2.58. The first kappa shape index (κ1) is 25.9. The number of hydrogen-bond donors (Lipinski definition) is 2. The Morgan fingerprint density at radius 1 is 1.23 bits per heavy atom. The highest BCUT2D eigenvalue weighted by atomic mass is 35.5. The molecule has 0 spiro atoms. The summed E-state index contributed by atoms with van der Waals surface area (Å²) >= 11 is 0. The first-order valence-electron chi connectivity index (χ1n) is 9.72. The topological polar surface area (TPSA) is 67.6 Å². The number of nitrogens with two attached hydrogens (primary N) is 1. The minimum Gasteiger partial charge on any atom is -0.378 e. The van der Waals surface area contributed by atoms with Gasteiger partial charge in [0.05, 0.1) is 6.10 Å². The van der Waals surface area contributed by atoms with E-state index in [1.807, 2.05) is 20.8 Å². The fourth-order valence-corrected chi connectivity index (χ4v) is 4.21. The number of nitrogens with one attached hydrogen (secondary N) is 1. The van der Waals surface area contributed by atoms with Gasteiger partial charge in [0.15, 0.2) is 0 Å². The molecule has 7 heteroatoms. The minimum absolute atomic E-state index is 0. The molecular weight excluding hydrogens is 373 g/mol. The van der Waals surface area contributed by atoms with Crippen molar-refractivity contribution in [3.05, 3.63) is 0 Å². The van der Waals surface area contributed by atoms with Crippen molar-refractivity contribution in [2.24, 2.45) is 11.1 Å². The molecule has 5 nitrogen and oxygen atoms in total. The van der Waals surface area contributed by atoms with Crippen molar-refractivity contribution < 1.29 is 9.53 Å². The Morgan fingerprint density at radius 2 is 1.85 bits per heavy atom. The van der Waals surface area contributed by atoms with Gasteiger partial charge >= 0.3 is 0 Å². The van der Waals surface area contributed by atoms with Crippen LogP contribution in [0.2, 0.25) is 0 Å². The second-order valence-electron chi connectivity index (χ2n) is 8.22. The van der Waals surface area contributed by atoms with Crippen LogP contribution in [0.5, 0.6) is 0 Å². The van der Waals surface area contributed by atoms with Gasteiger partial charge in [-0.15, -0.1) is 24.8 Å². The molecular formula is C19H39Cl2N3O2. The molecule has 0 saturated heterocycles. The zero-order chi connectivity index (χ0) is 17.8. The third kappa shape index (κ3) is 5.48. The summed E-state index contributed by atoms with van der Waals surface area (Å²) in [4.78, 5) is 15.0. The number of ether oxygens (including phenoxy) is 1. The van der Waals surface area contributed by atoms with Crippen LogP contribution in [0.15, 0.2) is 0 Å². The third-order valence-electron chi connectivity index (χ3n) is 6.41. The van der Waals surface area contributed by atoms with E-state index >= 15 is 0 Å². The molecule has 26 heavy (non-hydrogen) atoms. The van der Waals surface area contributed by atoms with E-state index in [-0.39, 0.29) is 42.2 Å². The summed E-state index contributed by atoms with van der Waals surface area (Å²) in [5.41, 5.74) is 5.28. The van der Waals surface area contributed by atoms with Gasteiger partial charge in [-0.25, -0.2) is 0 Å². The molecule has 2 fully saturated rings. The number of carbonyl (C=O) groups excluding carboxylic acids is 1. The van der Waals surface area contributed by atoms with Crippen LogP contribution in [0, 0.1) is 5.41 Å². The molecule has 3 N–H and O–H groups in total. The standard InChI is InChI=1S/C19H37N3O2.2ClH/c1-5-24-16-14-19(20,18(16,2)3)17(23)21-12-9-13-22(4)15-10-7-6-8-11-15;;/h15-16H,5-14,20H2,1-4H3,(H,21,23);2*1H. The lowest BCUT2D eigenvalue weighted by molar-refractivity contribution is -0.170. The van der Waals surface area contributed by atoms with Crippen LogP contribution >= 0.6 is 24.8 Å². The van der Waals surface area contributed by atoms with Crippen LogP contribution in [0.25, 0.3) is 0 Å². The highest BCUT2D eigenvalue weighted by Gasteiger charge is 2.62. The fourth-order valence-electron chi connectivity index (χ4n) is 4.21. The summed E-state index contributed by atoms with van der Waals surface area (Å²) < 4.78 is 5.70. The maximum atomic E-state index is 12.6. The molecule has 1 amide bonds. The molecule has 0 heterocycles. The van der Waals surface area contributed by atoms with Crippen molar-refractivity contribution in [3.63, 3.8) is 0 Å². The maximum absolute atomic E-state index is 12.6. The number of carbonyl (C=O) groups is 1. The van der Waals surface area contributed by atoms with E-state index in [0.29, 0.717) is 19.6 Å². The summed E-state index contributed by atoms with van der Waals surface area (Å²) in [7, 11) is 2.21. The van der Waals surface area contributed by atoms with Gasteiger partial charge in [-0.2, -0.15) is 0 Å². The molecule has 2 atom stereocenters. The lowest BCUT2D eigenvalue weighted by atomic mass is 9.54. The van der Waals surface area contributed by atoms with E-state index in [4.69, 9.17) is 10.5 Å².